The quantitative estimate of drug-likeness (QED) is 0.823. The molecule has 0 atom stereocenters. The Kier molecular flexibility index (Phi) is 2.42. The maximum atomic E-state index is 8.78. The van der Waals surface area contributed by atoms with Gasteiger partial charge in [0.1, 0.15) is 17.5 Å². The lowest BCUT2D eigenvalue weighted by atomic mass is 10.4. The summed E-state index contributed by atoms with van der Waals surface area (Å²) in [7, 11) is 0. The predicted molar refractivity (Wildman–Crippen MR) is 54.7 cm³/mol. The van der Waals surface area contributed by atoms with Crippen LogP contribution in [-0.2, 0) is 6.54 Å². The third kappa shape index (κ3) is 1.73. The summed E-state index contributed by atoms with van der Waals surface area (Å²) >= 11 is 3.23. The molecule has 2 aromatic rings. The Morgan fingerprint density at radius 3 is 2.93 bits per heavy atom. The van der Waals surface area contributed by atoms with Gasteiger partial charge >= 0.3 is 0 Å². The summed E-state index contributed by atoms with van der Waals surface area (Å²) in [6.07, 6.45) is 1.86. The highest BCUT2D eigenvalue weighted by atomic mass is 79.9. The zero-order valence-corrected chi connectivity index (χ0v) is 8.86. The van der Waals surface area contributed by atoms with Crippen LogP contribution in [0.3, 0.4) is 0 Å². The van der Waals surface area contributed by atoms with Crippen LogP contribution in [0.2, 0.25) is 0 Å². The molecule has 0 aliphatic heterocycles. The fourth-order valence-corrected chi connectivity index (χ4v) is 1.60. The second-order valence-corrected chi connectivity index (χ2v) is 3.62. The zero-order chi connectivity index (χ0) is 9.97. The van der Waals surface area contributed by atoms with Crippen LogP contribution in [0.4, 0.5) is 0 Å². The Morgan fingerprint density at radius 2 is 2.29 bits per heavy atom. The number of hydrogen-bond donors (Lipinski definition) is 0. The van der Waals surface area contributed by atoms with E-state index >= 15 is 0 Å². The first-order valence-electron chi connectivity index (χ1n) is 4.09. The van der Waals surface area contributed by atoms with Crippen molar-refractivity contribution in [3.8, 4) is 6.07 Å². The van der Waals surface area contributed by atoms with Crippen molar-refractivity contribution in [2.75, 3.05) is 0 Å². The molecule has 0 aliphatic carbocycles. The second-order valence-electron chi connectivity index (χ2n) is 2.84. The highest BCUT2D eigenvalue weighted by molar-refractivity contribution is 9.10. The van der Waals surface area contributed by atoms with Gasteiger partial charge in [-0.1, -0.05) is 0 Å². The molecule has 2 aromatic heterocycles. The lowest BCUT2D eigenvalue weighted by Crippen LogP contribution is -1.98. The standard InChI is InChI=1S/C10H7BrN2O/c11-10-4-3-9(14-10)7-13-5-1-2-8(13)6-12/h1-5H,7H2. The van der Waals surface area contributed by atoms with Crippen molar-refractivity contribution in [2.24, 2.45) is 0 Å². The minimum Gasteiger partial charge on any atom is -0.452 e. The SMILES string of the molecule is N#Cc1cccn1Cc1ccc(Br)o1. The van der Waals surface area contributed by atoms with Crippen molar-refractivity contribution < 1.29 is 4.42 Å². The molecule has 4 heteroatoms. The van der Waals surface area contributed by atoms with Crippen LogP contribution in [0.15, 0.2) is 39.5 Å². The number of aromatic nitrogens is 1. The van der Waals surface area contributed by atoms with E-state index in [0.717, 1.165) is 5.76 Å². The van der Waals surface area contributed by atoms with Gasteiger partial charge in [-0.15, -0.1) is 0 Å². The molecule has 0 saturated heterocycles. The molecule has 0 unspecified atom stereocenters. The molecule has 2 rings (SSSR count). The number of halogens is 1. The van der Waals surface area contributed by atoms with E-state index in [9.17, 15) is 0 Å². The number of rotatable bonds is 2. The average molecular weight is 251 g/mol. The Labute approximate surface area is 89.7 Å². The van der Waals surface area contributed by atoms with E-state index in [1.54, 1.807) is 6.07 Å². The van der Waals surface area contributed by atoms with Gasteiger partial charge in [0.15, 0.2) is 4.67 Å². The number of furan rings is 1. The van der Waals surface area contributed by atoms with Gasteiger partial charge < -0.3 is 8.98 Å². The van der Waals surface area contributed by atoms with Crippen LogP contribution in [0.1, 0.15) is 11.5 Å². The van der Waals surface area contributed by atoms with Crippen LogP contribution in [0.5, 0.6) is 0 Å². The van der Waals surface area contributed by atoms with Crippen LogP contribution in [0, 0.1) is 11.3 Å². The Balaban J connectivity index is 2.23. The molecule has 0 saturated carbocycles. The van der Waals surface area contributed by atoms with E-state index in [1.165, 1.54) is 0 Å². The number of nitriles is 1. The molecule has 0 aromatic carbocycles. The molecule has 0 N–H and O–H groups in total. The third-order valence-electron chi connectivity index (χ3n) is 1.90. The minimum absolute atomic E-state index is 0.585. The summed E-state index contributed by atoms with van der Waals surface area (Å²) in [5, 5.41) is 8.78. The van der Waals surface area contributed by atoms with Crippen molar-refractivity contribution in [3.63, 3.8) is 0 Å². The van der Waals surface area contributed by atoms with Crippen LogP contribution >= 0.6 is 15.9 Å². The summed E-state index contributed by atoms with van der Waals surface area (Å²) in [5.74, 6) is 0.824. The van der Waals surface area contributed by atoms with E-state index in [4.69, 9.17) is 9.68 Å². The topological polar surface area (TPSA) is 41.9 Å². The van der Waals surface area contributed by atoms with E-state index in [1.807, 2.05) is 29.0 Å². The Bertz CT molecular complexity index is 478. The van der Waals surface area contributed by atoms with Gasteiger partial charge in [-0.05, 0) is 40.2 Å². The lowest BCUT2D eigenvalue weighted by molar-refractivity contribution is 0.473. The van der Waals surface area contributed by atoms with Crippen molar-refractivity contribution in [1.29, 1.82) is 5.26 Å². The zero-order valence-electron chi connectivity index (χ0n) is 7.27. The number of hydrogen-bond acceptors (Lipinski definition) is 2. The fraction of sp³-hybridized carbons (Fsp3) is 0.100. The van der Waals surface area contributed by atoms with Gasteiger partial charge in [0.2, 0.25) is 0 Å². The highest BCUT2D eigenvalue weighted by Gasteiger charge is 2.03. The highest BCUT2D eigenvalue weighted by Crippen LogP contribution is 2.15. The molecule has 0 amide bonds. The third-order valence-corrected chi connectivity index (χ3v) is 2.33. The maximum Gasteiger partial charge on any atom is 0.169 e. The maximum absolute atomic E-state index is 8.78. The first-order valence-corrected chi connectivity index (χ1v) is 4.88. The molecule has 0 spiro atoms. The molecule has 3 nitrogen and oxygen atoms in total. The van der Waals surface area contributed by atoms with Crippen LogP contribution < -0.4 is 0 Å². The predicted octanol–water partition coefficient (Wildman–Crippen LogP) is 2.76. The van der Waals surface area contributed by atoms with E-state index in [0.29, 0.717) is 16.9 Å². The first kappa shape index (κ1) is 9.10. The average Bonchev–Trinajstić information content (AvgIpc) is 2.76. The molecule has 14 heavy (non-hydrogen) atoms. The molecular weight excluding hydrogens is 244 g/mol. The molecule has 0 aliphatic rings. The van der Waals surface area contributed by atoms with Gasteiger partial charge in [-0.3, -0.25) is 0 Å². The fourth-order valence-electron chi connectivity index (χ4n) is 1.26. The lowest BCUT2D eigenvalue weighted by Gasteiger charge is -2.00. The summed E-state index contributed by atoms with van der Waals surface area (Å²) < 4.78 is 7.89. The largest absolute Gasteiger partial charge is 0.452 e. The minimum atomic E-state index is 0.585. The first-order chi connectivity index (χ1) is 6.79. The van der Waals surface area contributed by atoms with Gasteiger partial charge in [0, 0.05) is 6.20 Å². The molecular formula is C10H7BrN2O. The normalized spacial score (nSPS) is 10.0. The van der Waals surface area contributed by atoms with Crippen molar-refractivity contribution in [2.45, 2.75) is 6.54 Å². The monoisotopic (exact) mass is 250 g/mol. The summed E-state index contributed by atoms with van der Waals surface area (Å²) in [5.41, 5.74) is 0.637. The molecule has 70 valence electrons. The van der Waals surface area contributed by atoms with E-state index in [2.05, 4.69) is 22.0 Å². The van der Waals surface area contributed by atoms with Crippen molar-refractivity contribution in [1.82, 2.24) is 4.57 Å². The van der Waals surface area contributed by atoms with E-state index < -0.39 is 0 Å². The summed E-state index contributed by atoms with van der Waals surface area (Å²) in [6.45, 7) is 0.585. The Hall–Kier alpha value is -1.47. The molecule has 2 heterocycles. The van der Waals surface area contributed by atoms with Crippen molar-refractivity contribution >= 4 is 15.9 Å². The van der Waals surface area contributed by atoms with Gasteiger partial charge in [-0.2, -0.15) is 5.26 Å². The molecule has 0 fully saturated rings. The second kappa shape index (κ2) is 3.72. The molecule has 0 bridgehead atoms. The van der Waals surface area contributed by atoms with Gasteiger partial charge in [0.05, 0.1) is 6.54 Å². The van der Waals surface area contributed by atoms with Crippen molar-refractivity contribution in [3.05, 3.63) is 46.6 Å². The molecule has 0 radical (unpaired) electrons. The van der Waals surface area contributed by atoms with E-state index in [-0.39, 0.29) is 0 Å². The Morgan fingerprint density at radius 1 is 1.43 bits per heavy atom. The van der Waals surface area contributed by atoms with Crippen LogP contribution in [-0.4, -0.2) is 4.57 Å². The summed E-state index contributed by atoms with van der Waals surface area (Å²) in [6, 6.07) is 9.45. The smallest absolute Gasteiger partial charge is 0.169 e. The van der Waals surface area contributed by atoms with Gasteiger partial charge in [-0.25, -0.2) is 0 Å². The van der Waals surface area contributed by atoms with Gasteiger partial charge in [0.25, 0.3) is 0 Å². The van der Waals surface area contributed by atoms with Crippen LogP contribution in [0.25, 0.3) is 0 Å². The summed E-state index contributed by atoms with van der Waals surface area (Å²) in [4.78, 5) is 0. The number of nitrogens with zero attached hydrogens (tertiary/aromatic N) is 2.